The number of ether oxygens (including phenoxy) is 1. The van der Waals surface area contributed by atoms with E-state index in [1.807, 2.05) is 25.1 Å². The molecular weight excluding hydrogens is 250 g/mol. The third-order valence-electron chi connectivity index (χ3n) is 2.49. The van der Waals surface area contributed by atoms with Crippen molar-refractivity contribution in [2.75, 3.05) is 13.2 Å². The maximum Gasteiger partial charge on any atom is 0.328 e. The summed E-state index contributed by atoms with van der Waals surface area (Å²) in [6, 6.07) is 5.98. The fraction of sp³-hybridized carbons (Fsp3) is 0.385. The summed E-state index contributed by atoms with van der Waals surface area (Å²) in [5.41, 5.74) is 1.08. The van der Waals surface area contributed by atoms with Crippen LogP contribution in [0.1, 0.15) is 12.5 Å². The van der Waals surface area contributed by atoms with Crippen LogP contribution in [-0.4, -0.2) is 41.3 Å². The number of aliphatic hydroxyl groups is 1. The van der Waals surface area contributed by atoms with Crippen molar-refractivity contribution in [3.05, 3.63) is 29.8 Å². The van der Waals surface area contributed by atoms with E-state index < -0.39 is 24.5 Å². The molecule has 1 amide bonds. The lowest BCUT2D eigenvalue weighted by molar-refractivity contribution is -0.143. The van der Waals surface area contributed by atoms with Gasteiger partial charge in [0.25, 0.3) is 5.91 Å². The van der Waals surface area contributed by atoms with Crippen LogP contribution in [0.5, 0.6) is 5.75 Å². The SMILES string of the molecule is CCc1cccc(OCC(=O)NC(CO)C(=O)O)c1. The Morgan fingerprint density at radius 3 is 2.74 bits per heavy atom. The number of amides is 1. The Balaban J connectivity index is 2.47. The highest BCUT2D eigenvalue weighted by atomic mass is 16.5. The second-order valence-electron chi connectivity index (χ2n) is 3.93. The molecule has 104 valence electrons. The molecule has 1 rings (SSSR count). The highest BCUT2D eigenvalue weighted by Crippen LogP contribution is 2.13. The quantitative estimate of drug-likeness (QED) is 0.655. The first-order valence-corrected chi connectivity index (χ1v) is 5.91. The van der Waals surface area contributed by atoms with Gasteiger partial charge in [0.1, 0.15) is 11.8 Å². The highest BCUT2D eigenvalue weighted by Gasteiger charge is 2.18. The third kappa shape index (κ3) is 4.97. The smallest absolute Gasteiger partial charge is 0.328 e. The van der Waals surface area contributed by atoms with Crippen LogP contribution in [0.3, 0.4) is 0 Å². The van der Waals surface area contributed by atoms with Gasteiger partial charge in [-0.3, -0.25) is 4.79 Å². The standard InChI is InChI=1S/C13H17NO5/c1-2-9-4-3-5-10(6-9)19-8-12(16)14-11(7-15)13(17)18/h3-6,11,15H,2,7-8H2,1H3,(H,14,16)(H,17,18). The molecule has 3 N–H and O–H groups in total. The van der Waals surface area contributed by atoms with Crippen LogP contribution in [0.15, 0.2) is 24.3 Å². The lowest BCUT2D eigenvalue weighted by Crippen LogP contribution is -2.45. The Morgan fingerprint density at radius 2 is 2.16 bits per heavy atom. The van der Waals surface area contributed by atoms with E-state index in [0.717, 1.165) is 12.0 Å². The summed E-state index contributed by atoms with van der Waals surface area (Å²) in [7, 11) is 0. The predicted octanol–water partition coefficient (Wildman–Crippen LogP) is 0.189. The first-order chi connectivity index (χ1) is 9.06. The number of hydrogen-bond donors (Lipinski definition) is 3. The molecule has 0 saturated heterocycles. The van der Waals surface area contributed by atoms with Crippen molar-refractivity contribution < 1.29 is 24.5 Å². The number of nitrogens with one attached hydrogen (secondary N) is 1. The van der Waals surface area contributed by atoms with Crippen molar-refractivity contribution in [2.24, 2.45) is 0 Å². The number of aliphatic carboxylic acids is 1. The van der Waals surface area contributed by atoms with E-state index in [4.69, 9.17) is 14.9 Å². The average molecular weight is 267 g/mol. The van der Waals surface area contributed by atoms with Crippen molar-refractivity contribution in [1.82, 2.24) is 5.32 Å². The predicted molar refractivity (Wildman–Crippen MR) is 68.0 cm³/mol. The van der Waals surface area contributed by atoms with E-state index in [1.165, 1.54) is 0 Å². The molecule has 0 fully saturated rings. The van der Waals surface area contributed by atoms with E-state index in [-0.39, 0.29) is 6.61 Å². The Morgan fingerprint density at radius 1 is 1.42 bits per heavy atom. The summed E-state index contributed by atoms with van der Waals surface area (Å²) in [5, 5.41) is 19.6. The van der Waals surface area contributed by atoms with Gasteiger partial charge in [0.2, 0.25) is 0 Å². The molecule has 0 radical (unpaired) electrons. The van der Waals surface area contributed by atoms with Crippen LogP contribution in [0.4, 0.5) is 0 Å². The average Bonchev–Trinajstić information content (AvgIpc) is 2.42. The van der Waals surface area contributed by atoms with Gasteiger partial charge in [-0.2, -0.15) is 0 Å². The van der Waals surface area contributed by atoms with Crippen LogP contribution in [-0.2, 0) is 16.0 Å². The molecule has 0 heterocycles. The Kier molecular flexibility index (Phi) is 5.81. The second kappa shape index (κ2) is 7.38. The second-order valence-corrected chi connectivity index (χ2v) is 3.93. The van der Waals surface area contributed by atoms with Crippen molar-refractivity contribution in [3.63, 3.8) is 0 Å². The maximum atomic E-state index is 11.4. The van der Waals surface area contributed by atoms with Gasteiger partial charge in [0, 0.05) is 0 Å². The molecule has 0 spiro atoms. The first kappa shape index (κ1) is 15.0. The molecule has 1 aromatic carbocycles. The van der Waals surface area contributed by atoms with E-state index in [2.05, 4.69) is 5.32 Å². The molecular formula is C13H17NO5. The zero-order chi connectivity index (χ0) is 14.3. The number of carbonyl (C=O) groups excluding carboxylic acids is 1. The van der Waals surface area contributed by atoms with E-state index in [1.54, 1.807) is 6.07 Å². The third-order valence-corrected chi connectivity index (χ3v) is 2.49. The number of benzene rings is 1. The van der Waals surface area contributed by atoms with Gasteiger partial charge in [0.15, 0.2) is 6.61 Å². The van der Waals surface area contributed by atoms with Crippen molar-refractivity contribution in [2.45, 2.75) is 19.4 Å². The van der Waals surface area contributed by atoms with Crippen LogP contribution in [0.25, 0.3) is 0 Å². The fourth-order valence-corrected chi connectivity index (χ4v) is 1.43. The summed E-state index contributed by atoms with van der Waals surface area (Å²) in [6.45, 7) is 1.05. The Bertz CT molecular complexity index is 446. The number of aliphatic hydroxyl groups excluding tert-OH is 1. The minimum Gasteiger partial charge on any atom is -0.484 e. The summed E-state index contributed by atoms with van der Waals surface area (Å²) in [6.07, 6.45) is 0.856. The molecule has 0 aliphatic heterocycles. The van der Waals surface area contributed by atoms with Crippen LogP contribution < -0.4 is 10.1 Å². The first-order valence-electron chi connectivity index (χ1n) is 5.91. The fourth-order valence-electron chi connectivity index (χ4n) is 1.43. The van der Waals surface area contributed by atoms with Crippen molar-refractivity contribution in [1.29, 1.82) is 0 Å². The van der Waals surface area contributed by atoms with Crippen LogP contribution >= 0.6 is 0 Å². The minimum absolute atomic E-state index is 0.295. The van der Waals surface area contributed by atoms with Crippen molar-refractivity contribution in [3.8, 4) is 5.75 Å². The molecule has 0 bridgehead atoms. The lowest BCUT2D eigenvalue weighted by Gasteiger charge is -2.12. The molecule has 1 atom stereocenters. The normalized spacial score (nSPS) is 11.7. The van der Waals surface area contributed by atoms with Gasteiger partial charge in [-0.05, 0) is 24.1 Å². The summed E-state index contributed by atoms with van der Waals surface area (Å²) >= 11 is 0. The zero-order valence-corrected chi connectivity index (χ0v) is 10.6. The highest BCUT2D eigenvalue weighted by molar-refractivity contribution is 5.84. The van der Waals surface area contributed by atoms with Gasteiger partial charge in [-0.15, -0.1) is 0 Å². The number of rotatable bonds is 7. The Hall–Kier alpha value is -2.08. The maximum absolute atomic E-state index is 11.4. The Labute approximate surface area is 111 Å². The van der Waals surface area contributed by atoms with E-state index in [0.29, 0.717) is 5.75 Å². The topological polar surface area (TPSA) is 95.9 Å². The molecule has 1 aromatic rings. The van der Waals surface area contributed by atoms with Crippen LogP contribution in [0.2, 0.25) is 0 Å². The summed E-state index contributed by atoms with van der Waals surface area (Å²) < 4.78 is 5.25. The van der Waals surface area contributed by atoms with E-state index >= 15 is 0 Å². The monoisotopic (exact) mass is 267 g/mol. The molecule has 1 unspecified atom stereocenters. The number of hydrogen-bond acceptors (Lipinski definition) is 4. The number of aryl methyl sites for hydroxylation is 1. The van der Waals surface area contributed by atoms with Crippen molar-refractivity contribution >= 4 is 11.9 Å². The van der Waals surface area contributed by atoms with Gasteiger partial charge >= 0.3 is 5.97 Å². The number of carboxylic acid groups (broad SMARTS) is 1. The molecule has 6 heteroatoms. The molecule has 19 heavy (non-hydrogen) atoms. The summed E-state index contributed by atoms with van der Waals surface area (Å²) in [5.74, 6) is -1.34. The van der Waals surface area contributed by atoms with Gasteiger partial charge in [-0.25, -0.2) is 4.79 Å². The van der Waals surface area contributed by atoms with E-state index in [9.17, 15) is 9.59 Å². The largest absolute Gasteiger partial charge is 0.484 e. The van der Waals surface area contributed by atoms with Crippen LogP contribution in [0, 0.1) is 0 Å². The molecule has 0 aromatic heterocycles. The van der Waals surface area contributed by atoms with Gasteiger partial charge in [-0.1, -0.05) is 19.1 Å². The molecule has 0 aliphatic carbocycles. The number of carboxylic acids is 1. The minimum atomic E-state index is -1.31. The lowest BCUT2D eigenvalue weighted by atomic mass is 10.2. The summed E-state index contributed by atoms with van der Waals surface area (Å²) in [4.78, 5) is 22.0. The molecule has 0 saturated carbocycles. The number of carbonyl (C=O) groups is 2. The zero-order valence-electron chi connectivity index (χ0n) is 10.6. The van der Waals surface area contributed by atoms with Gasteiger partial charge in [0.05, 0.1) is 6.61 Å². The molecule has 6 nitrogen and oxygen atoms in total. The molecule has 0 aliphatic rings. The van der Waals surface area contributed by atoms with Gasteiger partial charge < -0.3 is 20.3 Å².